The average molecular weight is 274 g/mol. The number of aromatic nitrogens is 1. The number of nitrogens with one attached hydrogen (secondary N) is 1. The fourth-order valence-electron chi connectivity index (χ4n) is 2.10. The number of nitrogens with zero attached hydrogens (tertiary/aromatic N) is 1. The van der Waals surface area contributed by atoms with Crippen LogP contribution in [0.4, 0.5) is 5.69 Å². The van der Waals surface area contributed by atoms with Gasteiger partial charge in [-0.2, -0.15) is 0 Å². The molecule has 5 heteroatoms. The lowest BCUT2D eigenvalue weighted by Gasteiger charge is -2.12. The van der Waals surface area contributed by atoms with Crippen molar-refractivity contribution >= 4 is 11.7 Å². The summed E-state index contributed by atoms with van der Waals surface area (Å²) in [7, 11) is 1.38. The van der Waals surface area contributed by atoms with Crippen LogP contribution in [-0.2, 0) is 11.3 Å². The lowest BCUT2D eigenvalue weighted by Crippen LogP contribution is -2.08. The Morgan fingerprint density at radius 3 is 2.70 bits per heavy atom. The highest BCUT2D eigenvalue weighted by Crippen LogP contribution is 2.21. The second-order valence-corrected chi connectivity index (χ2v) is 4.63. The second kappa shape index (κ2) is 5.77. The third kappa shape index (κ3) is 2.66. The van der Waals surface area contributed by atoms with Gasteiger partial charge >= 0.3 is 5.97 Å². The molecule has 0 unspecified atom stereocenters. The van der Waals surface area contributed by atoms with Crippen molar-refractivity contribution in [2.75, 3.05) is 12.4 Å². The Kier molecular flexibility index (Phi) is 4.08. The van der Waals surface area contributed by atoms with Crippen LogP contribution in [0.1, 0.15) is 32.9 Å². The van der Waals surface area contributed by atoms with Crippen LogP contribution in [0.5, 0.6) is 0 Å². The molecule has 0 atom stereocenters. The van der Waals surface area contributed by atoms with Gasteiger partial charge in [0.25, 0.3) is 0 Å². The van der Waals surface area contributed by atoms with Crippen LogP contribution in [-0.4, -0.2) is 18.2 Å². The van der Waals surface area contributed by atoms with Crippen LogP contribution in [0.15, 0.2) is 22.7 Å². The maximum absolute atomic E-state index is 11.7. The van der Waals surface area contributed by atoms with Gasteiger partial charge in [-0.05, 0) is 38.5 Å². The molecule has 0 aliphatic carbocycles. The summed E-state index contributed by atoms with van der Waals surface area (Å²) in [6, 6.07) is 5.51. The van der Waals surface area contributed by atoms with Crippen molar-refractivity contribution < 1.29 is 14.1 Å². The molecule has 1 N–H and O–H groups in total. The van der Waals surface area contributed by atoms with Gasteiger partial charge in [-0.15, -0.1) is 0 Å². The summed E-state index contributed by atoms with van der Waals surface area (Å²) in [6.07, 6.45) is 0. The first-order valence-corrected chi connectivity index (χ1v) is 6.38. The summed E-state index contributed by atoms with van der Waals surface area (Å²) in [5.41, 5.74) is 4.24. The van der Waals surface area contributed by atoms with E-state index in [1.54, 1.807) is 6.07 Å². The number of hydrogen-bond donors (Lipinski definition) is 1. The van der Waals surface area contributed by atoms with Gasteiger partial charge in [0.15, 0.2) is 0 Å². The number of esters is 1. The number of rotatable bonds is 4. The summed E-state index contributed by atoms with van der Waals surface area (Å²) in [5.74, 6) is 0.472. The molecule has 0 radical (unpaired) electrons. The van der Waals surface area contributed by atoms with Crippen LogP contribution in [0.2, 0.25) is 0 Å². The van der Waals surface area contributed by atoms with E-state index in [0.717, 1.165) is 28.3 Å². The third-order valence-electron chi connectivity index (χ3n) is 3.38. The van der Waals surface area contributed by atoms with Gasteiger partial charge in [0, 0.05) is 17.8 Å². The molecule has 0 saturated heterocycles. The maximum atomic E-state index is 11.7. The Bertz CT molecular complexity index is 613. The van der Waals surface area contributed by atoms with E-state index in [2.05, 4.69) is 10.5 Å². The Balaban J connectivity index is 2.20. The predicted octanol–water partition coefficient (Wildman–Crippen LogP) is 3.00. The standard InChI is InChI=1S/C15H18N2O3/c1-9-12(15(18)19-4)6-5-7-14(9)16-8-13-10(2)17-20-11(13)3/h5-7,16H,8H2,1-4H3. The first-order chi connectivity index (χ1) is 9.54. The minimum Gasteiger partial charge on any atom is -0.465 e. The van der Waals surface area contributed by atoms with Crippen molar-refractivity contribution in [1.29, 1.82) is 0 Å². The molecule has 0 spiro atoms. The molecule has 0 bridgehead atoms. The van der Waals surface area contributed by atoms with Gasteiger partial charge in [-0.25, -0.2) is 4.79 Å². The van der Waals surface area contributed by atoms with Gasteiger partial charge in [0.05, 0.1) is 18.4 Å². The van der Waals surface area contributed by atoms with E-state index in [1.807, 2.05) is 32.9 Å². The van der Waals surface area contributed by atoms with Crippen molar-refractivity contribution in [3.05, 3.63) is 46.3 Å². The maximum Gasteiger partial charge on any atom is 0.338 e. The number of carbonyl (C=O) groups excluding carboxylic acids is 1. The Hall–Kier alpha value is -2.30. The smallest absolute Gasteiger partial charge is 0.338 e. The largest absolute Gasteiger partial charge is 0.465 e. The van der Waals surface area contributed by atoms with Gasteiger partial charge in [-0.1, -0.05) is 11.2 Å². The highest BCUT2D eigenvalue weighted by molar-refractivity contribution is 5.92. The average Bonchev–Trinajstić information content (AvgIpc) is 2.76. The summed E-state index contributed by atoms with van der Waals surface area (Å²) >= 11 is 0. The van der Waals surface area contributed by atoms with E-state index >= 15 is 0 Å². The minimum absolute atomic E-state index is 0.330. The van der Waals surface area contributed by atoms with Crippen molar-refractivity contribution in [3.8, 4) is 0 Å². The monoisotopic (exact) mass is 274 g/mol. The van der Waals surface area contributed by atoms with Crippen molar-refractivity contribution in [3.63, 3.8) is 0 Å². The number of aryl methyl sites for hydroxylation is 2. The van der Waals surface area contributed by atoms with Gasteiger partial charge in [0.2, 0.25) is 0 Å². The zero-order valence-corrected chi connectivity index (χ0v) is 12.1. The molecule has 20 heavy (non-hydrogen) atoms. The molecular weight excluding hydrogens is 256 g/mol. The number of benzene rings is 1. The Morgan fingerprint density at radius 1 is 1.35 bits per heavy atom. The fraction of sp³-hybridized carbons (Fsp3) is 0.333. The number of carbonyl (C=O) groups is 1. The highest BCUT2D eigenvalue weighted by Gasteiger charge is 2.13. The molecule has 2 aromatic rings. The molecule has 0 saturated carbocycles. The van der Waals surface area contributed by atoms with E-state index in [1.165, 1.54) is 7.11 Å². The van der Waals surface area contributed by atoms with Crippen molar-refractivity contribution in [2.24, 2.45) is 0 Å². The van der Waals surface area contributed by atoms with Gasteiger partial charge in [-0.3, -0.25) is 0 Å². The summed E-state index contributed by atoms with van der Waals surface area (Å²) < 4.78 is 9.90. The second-order valence-electron chi connectivity index (χ2n) is 4.63. The molecular formula is C15H18N2O3. The topological polar surface area (TPSA) is 64.4 Å². The zero-order valence-electron chi connectivity index (χ0n) is 12.1. The quantitative estimate of drug-likeness (QED) is 0.868. The van der Waals surface area contributed by atoms with E-state index in [9.17, 15) is 4.79 Å². The zero-order chi connectivity index (χ0) is 14.7. The SMILES string of the molecule is COC(=O)c1cccc(NCc2c(C)noc2C)c1C. The highest BCUT2D eigenvalue weighted by atomic mass is 16.5. The number of anilines is 1. The third-order valence-corrected chi connectivity index (χ3v) is 3.38. The summed E-state index contributed by atoms with van der Waals surface area (Å²) in [6.45, 7) is 6.29. The van der Waals surface area contributed by atoms with Crippen LogP contribution < -0.4 is 5.32 Å². The van der Waals surface area contributed by atoms with E-state index in [-0.39, 0.29) is 5.97 Å². The number of hydrogen-bond acceptors (Lipinski definition) is 5. The van der Waals surface area contributed by atoms with Crippen molar-refractivity contribution in [2.45, 2.75) is 27.3 Å². The molecule has 0 aliphatic heterocycles. The lowest BCUT2D eigenvalue weighted by atomic mass is 10.1. The van der Waals surface area contributed by atoms with Crippen LogP contribution in [0.3, 0.4) is 0 Å². The molecule has 0 amide bonds. The van der Waals surface area contributed by atoms with Crippen LogP contribution in [0.25, 0.3) is 0 Å². The molecule has 1 aromatic heterocycles. The van der Waals surface area contributed by atoms with E-state index in [4.69, 9.17) is 9.26 Å². The molecule has 2 rings (SSSR count). The normalized spacial score (nSPS) is 10.4. The van der Waals surface area contributed by atoms with Gasteiger partial charge < -0.3 is 14.6 Å². The van der Waals surface area contributed by atoms with E-state index < -0.39 is 0 Å². The van der Waals surface area contributed by atoms with Gasteiger partial charge in [0.1, 0.15) is 5.76 Å². The molecule has 5 nitrogen and oxygen atoms in total. The lowest BCUT2D eigenvalue weighted by molar-refractivity contribution is 0.0600. The van der Waals surface area contributed by atoms with Crippen LogP contribution in [0, 0.1) is 20.8 Å². The first-order valence-electron chi connectivity index (χ1n) is 6.38. The molecule has 0 aliphatic rings. The minimum atomic E-state index is -0.330. The Morgan fingerprint density at radius 2 is 2.10 bits per heavy atom. The Labute approximate surface area is 117 Å². The fourth-order valence-corrected chi connectivity index (χ4v) is 2.10. The molecule has 0 fully saturated rings. The first kappa shape index (κ1) is 14.1. The number of methoxy groups -OCH3 is 1. The number of ether oxygens (including phenoxy) is 1. The molecule has 1 aromatic carbocycles. The van der Waals surface area contributed by atoms with Crippen LogP contribution >= 0.6 is 0 Å². The van der Waals surface area contributed by atoms with E-state index in [0.29, 0.717) is 12.1 Å². The summed E-state index contributed by atoms with van der Waals surface area (Å²) in [4.78, 5) is 11.7. The molecule has 1 heterocycles. The summed E-state index contributed by atoms with van der Waals surface area (Å²) in [5, 5.41) is 7.23. The van der Waals surface area contributed by atoms with Crippen molar-refractivity contribution in [1.82, 2.24) is 5.16 Å². The predicted molar refractivity (Wildman–Crippen MR) is 75.8 cm³/mol. The molecule has 106 valence electrons.